The summed E-state index contributed by atoms with van der Waals surface area (Å²) >= 11 is 5.96. The molecule has 0 radical (unpaired) electrons. The summed E-state index contributed by atoms with van der Waals surface area (Å²) in [7, 11) is -3.87. The summed E-state index contributed by atoms with van der Waals surface area (Å²) in [4.78, 5) is -0.213. The number of nitrogens with two attached hydrogens (primary N) is 1. The quantitative estimate of drug-likeness (QED) is 0.848. The number of nitrogen functional groups attached to an aromatic ring is 1. The second-order valence-corrected chi connectivity index (χ2v) is 6.71. The van der Waals surface area contributed by atoms with Crippen LogP contribution in [0.25, 0.3) is 0 Å². The fourth-order valence-corrected chi connectivity index (χ4v) is 2.98. The Kier molecular flexibility index (Phi) is 4.51. The van der Waals surface area contributed by atoms with Crippen LogP contribution in [0.4, 0.5) is 10.1 Å². The summed E-state index contributed by atoms with van der Waals surface area (Å²) in [5, 5.41) is 0.454. The molecule has 0 aliphatic rings. The number of rotatable bonds is 4. The van der Waals surface area contributed by atoms with Crippen molar-refractivity contribution in [1.82, 2.24) is 4.72 Å². The number of hydrogen-bond donors (Lipinski definition) is 2. The van der Waals surface area contributed by atoms with Gasteiger partial charge in [0, 0.05) is 22.8 Å². The molecular formula is C14H14ClFN2O2S. The van der Waals surface area contributed by atoms with Crippen LogP contribution >= 0.6 is 11.6 Å². The largest absolute Gasteiger partial charge is 0.398 e. The Morgan fingerprint density at radius 2 is 1.95 bits per heavy atom. The molecule has 0 bridgehead atoms. The molecule has 0 spiro atoms. The third-order valence-corrected chi connectivity index (χ3v) is 4.83. The summed E-state index contributed by atoms with van der Waals surface area (Å²) in [5.74, 6) is -0.659. The van der Waals surface area contributed by atoms with Crippen molar-refractivity contribution in [1.29, 1.82) is 0 Å². The van der Waals surface area contributed by atoms with Gasteiger partial charge in [-0.05, 0) is 30.7 Å². The molecule has 0 saturated heterocycles. The maximum Gasteiger partial charge on any atom is 0.241 e. The maximum absolute atomic E-state index is 13.6. The Morgan fingerprint density at radius 3 is 2.57 bits per heavy atom. The lowest BCUT2D eigenvalue weighted by molar-refractivity contribution is 0.576. The first-order valence-electron chi connectivity index (χ1n) is 6.10. The van der Waals surface area contributed by atoms with Gasteiger partial charge in [0.25, 0.3) is 0 Å². The minimum absolute atomic E-state index is 0.0113. The molecule has 0 amide bonds. The van der Waals surface area contributed by atoms with E-state index in [2.05, 4.69) is 4.72 Å². The minimum atomic E-state index is -3.87. The van der Waals surface area contributed by atoms with Crippen molar-refractivity contribution in [2.45, 2.75) is 18.4 Å². The molecule has 4 nitrogen and oxygen atoms in total. The summed E-state index contributed by atoms with van der Waals surface area (Å²) in [6, 6.07) is 9.03. The molecule has 3 N–H and O–H groups in total. The van der Waals surface area contributed by atoms with Crippen molar-refractivity contribution in [3.63, 3.8) is 0 Å². The third kappa shape index (κ3) is 3.53. The lowest BCUT2D eigenvalue weighted by atomic mass is 10.2. The van der Waals surface area contributed by atoms with E-state index in [4.69, 9.17) is 17.3 Å². The number of benzene rings is 2. The van der Waals surface area contributed by atoms with Crippen molar-refractivity contribution in [2.24, 2.45) is 0 Å². The van der Waals surface area contributed by atoms with Gasteiger partial charge in [-0.3, -0.25) is 0 Å². The van der Waals surface area contributed by atoms with E-state index < -0.39 is 15.8 Å². The molecule has 0 heterocycles. The summed E-state index contributed by atoms with van der Waals surface area (Å²) in [5.41, 5.74) is 6.54. The molecule has 0 aromatic heterocycles. The fraction of sp³-hybridized carbons (Fsp3) is 0.143. The van der Waals surface area contributed by atoms with Crippen LogP contribution in [-0.2, 0) is 16.6 Å². The highest BCUT2D eigenvalue weighted by molar-refractivity contribution is 7.89. The molecule has 2 aromatic carbocycles. The van der Waals surface area contributed by atoms with Gasteiger partial charge in [0.05, 0.1) is 4.90 Å². The Bertz CT molecular complexity index is 755. The number of halogens is 2. The number of sulfonamides is 1. The Balaban J connectivity index is 2.25. The summed E-state index contributed by atoms with van der Waals surface area (Å²) in [6.45, 7) is 1.50. The van der Waals surface area contributed by atoms with E-state index in [1.54, 1.807) is 24.3 Å². The Labute approximate surface area is 127 Å². The average molecular weight is 329 g/mol. The fourth-order valence-electron chi connectivity index (χ4n) is 1.73. The summed E-state index contributed by atoms with van der Waals surface area (Å²) in [6.07, 6.45) is 0. The van der Waals surface area contributed by atoms with Gasteiger partial charge in [-0.25, -0.2) is 17.5 Å². The van der Waals surface area contributed by atoms with Crippen LogP contribution in [0.2, 0.25) is 5.02 Å². The zero-order valence-electron chi connectivity index (χ0n) is 11.2. The zero-order chi connectivity index (χ0) is 15.6. The van der Waals surface area contributed by atoms with Crippen LogP contribution in [-0.4, -0.2) is 8.42 Å². The smallest absolute Gasteiger partial charge is 0.241 e. The third-order valence-electron chi connectivity index (χ3n) is 3.08. The number of anilines is 1. The highest BCUT2D eigenvalue weighted by Crippen LogP contribution is 2.21. The predicted octanol–water partition coefficient (Wildman–Crippen LogP) is 2.85. The molecule has 2 rings (SSSR count). The molecule has 0 fully saturated rings. The van der Waals surface area contributed by atoms with Crippen LogP contribution in [0.3, 0.4) is 0 Å². The molecule has 0 aliphatic heterocycles. The minimum Gasteiger partial charge on any atom is -0.398 e. The molecule has 0 unspecified atom stereocenters. The van der Waals surface area contributed by atoms with E-state index in [0.717, 1.165) is 6.07 Å². The van der Waals surface area contributed by atoms with Crippen LogP contribution in [0.1, 0.15) is 11.1 Å². The second kappa shape index (κ2) is 6.01. The van der Waals surface area contributed by atoms with Gasteiger partial charge >= 0.3 is 0 Å². The van der Waals surface area contributed by atoms with Crippen molar-refractivity contribution < 1.29 is 12.8 Å². The topological polar surface area (TPSA) is 72.2 Å². The van der Waals surface area contributed by atoms with E-state index in [1.807, 2.05) is 0 Å². The highest BCUT2D eigenvalue weighted by Gasteiger charge is 2.17. The molecule has 7 heteroatoms. The van der Waals surface area contributed by atoms with Crippen LogP contribution < -0.4 is 10.5 Å². The van der Waals surface area contributed by atoms with Gasteiger partial charge in [0.2, 0.25) is 10.0 Å². The van der Waals surface area contributed by atoms with Crippen LogP contribution in [0.5, 0.6) is 0 Å². The van der Waals surface area contributed by atoms with Crippen molar-refractivity contribution >= 4 is 27.3 Å². The second-order valence-electron chi connectivity index (χ2n) is 4.54. The van der Waals surface area contributed by atoms with E-state index in [-0.39, 0.29) is 22.7 Å². The molecule has 2 aromatic rings. The van der Waals surface area contributed by atoms with E-state index in [0.29, 0.717) is 10.6 Å². The van der Waals surface area contributed by atoms with Gasteiger partial charge < -0.3 is 5.73 Å². The van der Waals surface area contributed by atoms with Crippen molar-refractivity contribution in [2.75, 3.05) is 5.73 Å². The average Bonchev–Trinajstić information content (AvgIpc) is 2.43. The lowest BCUT2D eigenvalue weighted by Gasteiger charge is -2.10. The lowest BCUT2D eigenvalue weighted by Crippen LogP contribution is -2.23. The zero-order valence-corrected chi connectivity index (χ0v) is 12.8. The SMILES string of the molecule is Cc1c(N)cc(S(=O)(=O)NCc2ccccc2Cl)cc1F. The first-order valence-corrected chi connectivity index (χ1v) is 7.96. The van der Waals surface area contributed by atoms with Gasteiger partial charge in [-0.2, -0.15) is 0 Å². The van der Waals surface area contributed by atoms with E-state index in [9.17, 15) is 12.8 Å². The van der Waals surface area contributed by atoms with Gasteiger partial charge in [0.15, 0.2) is 0 Å². The van der Waals surface area contributed by atoms with Crippen molar-refractivity contribution in [3.8, 4) is 0 Å². The predicted molar refractivity (Wildman–Crippen MR) is 81.0 cm³/mol. The standard InChI is InChI=1S/C14H14ClFN2O2S/c1-9-13(16)6-11(7-14(9)17)21(19,20)18-8-10-4-2-3-5-12(10)15/h2-7,18H,8,17H2,1H3. The van der Waals surface area contributed by atoms with E-state index in [1.165, 1.54) is 13.0 Å². The maximum atomic E-state index is 13.6. The van der Waals surface area contributed by atoms with Crippen molar-refractivity contribution in [3.05, 3.63) is 58.4 Å². The highest BCUT2D eigenvalue weighted by atomic mass is 35.5. The molecule has 21 heavy (non-hydrogen) atoms. The van der Waals surface area contributed by atoms with Gasteiger partial charge in [-0.1, -0.05) is 29.8 Å². The van der Waals surface area contributed by atoms with E-state index >= 15 is 0 Å². The van der Waals surface area contributed by atoms with Crippen LogP contribution in [0, 0.1) is 12.7 Å². The normalized spacial score (nSPS) is 11.6. The number of nitrogens with one attached hydrogen (secondary N) is 1. The Morgan fingerprint density at radius 1 is 1.29 bits per heavy atom. The molecule has 0 aliphatic carbocycles. The molecule has 0 saturated carbocycles. The number of hydrogen-bond acceptors (Lipinski definition) is 3. The first kappa shape index (κ1) is 15.8. The summed E-state index contributed by atoms with van der Waals surface area (Å²) < 4.78 is 40.3. The molecular weight excluding hydrogens is 315 g/mol. The monoisotopic (exact) mass is 328 g/mol. The first-order chi connectivity index (χ1) is 9.81. The molecule has 0 atom stereocenters. The molecule has 112 valence electrons. The van der Waals surface area contributed by atoms with Crippen LogP contribution in [0.15, 0.2) is 41.3 Å². The van der Waals surface area contributed by atoms with Gasteiger partial charge in [0.1, 0.15) is 5.82 Å². The Hall–Kier alpha value is -1.63. The van der Waals surface area contributed by atoms with Gasteiger partial charge in [-0.15, -0.1) is 0 Å².